The first-order valence-corrected chi connectivity index (χ1v) is 8.13. The van der Waals surface area contributed by atoms with Crippen LogP contribution >= 0.6 is 0 Å². The second kappa shape index (κ2) is 10.6. The van der Waals surface area contributed by atoms with Crippen molar-refractivity contribution in [2.75, 3.05) is 13.2 Å². The molecule has 0 amide bonds. The van der Waals surface area contributed by atoms with Crippen LogP contribution < -0.4 is 0 Å². The lowest BCUT2D eigenvalue weighted by atomic mass is 9.83. The zero-order valence-corrected chi connectivity index (χ0v) is 14.8. The van der Waals surface area contributed by atoms with Crippen molar-refractivity contribution in [3.8, 4) is 0 Å². The second-order valence-corrected chi connectivity index (χ2v) is 6.93. The summed E-state index contributed by atoms with van der Waals surface area (Å²) in [5, 5.41) is 9.21. The summed E-state index contributed by atoms with van der Waals surface area (Å²) in [6.45, 7) is 11.7. The Morgan fingerprint density at radius 1 is 0.909 bits per heavy atom. The molecule has 0 spiro atoms. The predicted molar refractivity (Wildman–Crippen MR) is 85.2 cm³/mol. The third-order valence-electron chi connectivity index (χ3n) is 3.62. The highest BCUT2D eigenvalue weighted by molar-refractivity contribution is 5.70. The maximum absolute atomic E-state index is 11.9. The maximum atomic E-state index is 11.9. The van der Waals surface area contributed by atoms with Gasteiger partial charge in [-0.05, 0) is 23.7 Å². The molecule has 0 saturated carbocycles. The first-order chi connectivity index (χ1) is 10.2. The number of ether oxygens (including phenoxy) is 2. The van der Waals surface area contributed by atoms with Gasteiger partial charge in [0, 0.05) is 12.8 Å². The van der Waals surface area contributed by atoms with Gasteiger partial charge in [-0.3, -0.25) is 9.59 Å². The largest absolute Gasteiger partial charge is 0.462 e. The molecule has 0 radical (unpaired) electrons. The average molecular weight is 316 g/mol. The van der Waals surface area contributed by atoms with Gasteiger partial charge in [-0.2, -0.15) is 0 Å². The Hall–Kier alpha value is -1.10. The summed E-state index contributed by atoms with van der Waals surface area (Å²) >= 11 is 0. The van der Waals surface area contributed by atoms with Crippen LogP contribution in [0.4, 0.5) is 0 Å². The summed E-state index contributed by atoms with van der Waals surface area (Å²) in [4.78, 5) is 23.5. The summed E-state index contributed by atoms with van der Waals surface area (Å²) in [6, 6.07) is 0. The van der Waals surface area contributed by atoms with Crippen LogP contribution in [-0.4, -0.2) is 36.4 Å². The van der Waals surface area contributed by atoms with Gasteiger partial charge in [-0.25, -0.2) is 0 Å². The van der Waals surface area contributed by atoms with Gasteiger partial charge in [-0.1, -0.05) is 41.5 Å². The molecule has 0 aromatic carbocycles. The first kappa shape index (κ1) is 20.9. The number of aliphatic hydroxyl groups excluding tert-OH is 1. The van der Waals surface area contributed by atoms with Crippen LogP contribution in [0.1, 0.15) is 54.4 Å². The van der Waals surface area contributed by atoms with E-state index in [1.54, 1.807) is 0 Å². The smallest absolute Gasteiger partial charge is 0.306 e. The molecule has 0 rings (SSSR count). The van der Waals surface area contributed by atoms with E-state index in [-0.39, 0.29) is 43.4 Å². The fraction of sp³-hybridized carbons (Fsp3) is 0.882. The van der Waals surface area contributed by atoms with E-state index in [1.807, 2.05) is 13.8 Å². The van der Waals surface area contributed by atoms with E-state index in [4.69, 9.17) is 9.47 Å². The van der Waals surface area contributed by atoms with Crippen molar-refractivity contribution in [2.24, 2.45) is 23.7 Å². The van der Waals surface area contributed by atoms with Crippen molar-refractivity contribution in [3.05, 3.63) is 0 Å². The van der Waals surface area contributed by atoms with Crippen LogP contribution in [0, 0.1) is 23.7 Å². The highest BCUT2D eigenvalue weighted by atomic mass is 16.6. The topological polar surface area (TPSA) is 72.8 Å². The van der Waals surface area contributed by atoms with Crippen LogP contribution in [0.25, 0.3) is 0 Å². The number of esters is 2. The van der Waals surface area contributed by atoms with E-state index >= 15 is 0 Å². The van der Waals surface area contributed by atoms with E-state index in [1.165, 1.54) is 0 Å². The second-order valence-electron chi connectivity index (χ2n) is 6.93. The summed E-state index contributed by atoms with van der Waals surface area (Å²) in [5.74, 6) is 0.531. The van der Waals surface area contributed by atoms with Crippen LogP contribution in [0.3, 0.4) is 0 Å². The number of aliphatic hydroxyl groups is 1. The number of hydrogen-bond donors (Lipinski definition) is 1. The number of rotatable bonds is 10. The van der Waals surface area contributed by atoms with Gasteiger partial charge in [0.15, 0.2) is 6.10 Å². The minimum atomic E-state index is -0.785. The number of carbonyl (C=O) groups is 2. The van der Waals surface area contributed by atoms with Crippen molar-refractivity contribution in [2.45, 2.75) is 60.5 Å². The van der Waals surface area contributed by atoms with Crippen LogP contribution in [0.5, 0.6) is 0 Å². The Labute approximate surface area is 134 Å². The van der Waals surface area contributed by atoms with Crippen LogP contribution in [-0.2, 0) is 19.1 Å². The SMILES string of the molecule is CC(C)CC(=O)O[C@@H](CO)COC(=O)CC(C(C)C)C(C)C. The molecule has 0 unspecified atom stereocenters. The molecule has 1 atom stereocenters. The predicted octanol–water partition coefficient (Wildman–Crippen LogP) is 2.80. The zero-order chi connectivity index (χ0) is 17.3. The molecular formula is C17H32O5. The molecule has 0 aliphatic carbocycles. The molecule has 0 fully saturated rings. The molecule has 22 heavy (non-hydrogen) atoms. The molecular weight excluding hydrogens is 284 g/mol. The molecule has 0 heterocycles. The fourth-order valence-electron chi connectivity index (χ4n) is 2.37. The molecule has 0 saturated heterocycles. The van der Waals surface area contributed by atoms with Crippen molar-refractivity contribution < 1.29 is 24.2 Å². The minimum Gasteiger partial charge on any atom is -0.462 e. The molecule has 1 N–H and O–H groups in total. The lowest BCUT2D eigenvalue weighted by Crippen LogP contribution is -2.30. The highest BCUT2D eigenvalue weighted by Crippen LogP contribution is 2.24. The fourth-order valence-corrected chi connectivity index (χ4v) is 2.37. The summed E-state index contributed by atoms with van der Waals surface area (Å²) in [6.07, 6.45) is -0.160. The summed E-state index contributed by atoms with van der Waals surface area (Å²) < 4.78 is 10.3. The standard InChI is InChI=1S/C17H32O5/c1-11(2)7-17(20)22-14(9-18)10-21-16(19)8-15(12(3)4)13(5)6/h11-15,18H,7-10H2,1-6H3/t14-/m0/s1. The molecule has 130 valence electrons. The third kappa shape index (κ3) is 9.03. The summed E-state index contributed by atoms with van der Waals surface area (Å²) in [5.41, 5.74) is 0. The minimum absolute atomic E-state index is 0.0952. The Bertz CT molecular complexity index is 328. The Morgan fingerprint density at radius 3 is 1.86 bits per heavy atom. The van der Waals surface area contributed by atoms with E-state index in [2.05, 4.69) is 27.7 Å². The van der Waals surface area contributed by atoms with Gasteiger partial charge in [0.05, 0.1) is 6.61 Å². The molecule has 0 bridgehead atoms. The van der Waals surface area contributed by atoms with Gasteiger partial charge in [0.25, 0.3) is 0 Å². The maximum Gasteiger partial charge on any atom is 0.306 e. The molecule has 5 nitrogen and oxygen atoms in total. The molecule has 0 aromatic rings. The third-order valence-corrected chi connectivity index (χ3v) is 3.62. The van der Waals surface area contributed by atoms with Crippen LogP contribution in [0.2, 0.25) is 0 Å². The lowest BCUT2D eigenvalue weighted by Gasteiger charge is -2.24. The monoisotopic (exact) mass is 316 g/mol. The molecule has 0 aromatic heterocycles. The zero-order valence-electron chi connectivity index (χ0n) is 14.8. The normalized spacial score (nSPS) is 13.0. The number of carbonyl (C=O) groups excluding carboxylic acids is 2. The van der Waals surface area contributed by atoms with Crippen molar-refractivity contribution in [1.82, 2.24) is 0 Å². The van der Waals surface area contributed by atoms with Crippen LogP contribution in [0.15, 0.2) is 0 Å². The quantitative estimate of drug-likeness (QED) is 0.627. The van der Waals surface area contributed by atoms with Crippen molar-refractivity contribution in [1.29, 1.82) is 0 Å². The van der Waals surface area contributed by atoms with E-state index < -0.39 is 6.10 Å². The molecule has 0 aliphatic heterocycles. The van der Waals surface area contributed by atoms with E-state index in [9.17, 15) is 14.7 Å². The Balaban J connectivity index is 4.27. The first-order valence-electron chi connectivity index (χ1n) is 8.13. The van der Waals surface area contributed by atoms with Gasteiger partial charge in [-0.15, -0.1) is 0 Å². The van der Waals surface area contributed by atoms with Crippen molar-refractivity contribution >= 4 is 11.9 Å². The van der Waals surface area contributed by atoms with Gasteiger partial charge in [0.2, 0.25) is 0 Å². The summed E-state index contributed by atoms with van der Waals surface area (Å²) in [7, 11) is 0. The van der Waals surface area contributed by atoms with Crippen molar-refractivity contribution in [3.63, 3.8) is 0 Å². The Kier molecular flexibility index (Phi) is 10.1. The lowest BCUT2D eigenvalue weighted by molar-refractivity contribution is -0.162. The molecule has 0 aliphatic rings. The van der Waals surface area contributed by atoms with Gasteiger partial charge >= 0.3 is 11.9 Å². The molecule has 5 heteroatoms. The number of hydrogen-bond acceptors (Lipinski definition) is 5. The van der Waals surface area contributed by atoms with E-state index in [0.717, 1.165) is 0 Å². The highest BCUT2D eigenvalue weighted by Gasteiger charge is 2.23. The Morgan fingerprint density at radius 2 is 1.45 bits per heavy atom. The van der Waals surface area contributed by atoms with E-state index in [0.29, 0.717) is 18.3 Å². The van der Waals surface area contributed by atoms with Gasteiger partial charge < -0.3 is 14.6 Å². The average Bonchev–Trinajstić information content (AvgIpc) is 2.38. The van der Waals surface area contributed by atoms with Gasteiger partial charge in [0.1, 0.15) is 6.61 Å².